The molecule has 0 radical (unpaired) electrons. The molecule has 8 heteroatoms. The molecular formula is C18H27N3O4S. The SMILES string of the molecule is Cc1cc(C)c(C(=O)N2CCN(CC(C)C)C3CS(=O)(=O)CC32)c(=O)[nH]1. The van der Waals surface area contributed by atoms with Gasteiger partial charge in [-0.3, -0.25) is 14.5 Å². The van der Waals surface area contributed by atoms with Crippen LogP contribution in [-0.2, 0) is 9.84 Å². The molecular weight excluding hydrogens is 354 g/mol. The van der Waals surface area contributed by atoms with E-state index >= 15 is 0 Å². The maximum atomic E-state index is 13.1. The number of piperazine rings is 1. The van der Waals surface area contributed by atoms with E-state index in [0.29, 0.717) is 30.3 Å². The molecule has 1 amide bonds. The minimum atomic E-state index is -3.19. The van der Waals surface area contributed by atoms with Crippen LogP contribution >= 0.6 is 0 Å². The fraction of sp³-hybridized carbons (Fsp3) is 0.667. The van der Waals surface area contributed by atoms with E-state index in [1.807, 2.05) is 0 Å². The van der Waals surface area contributed by atoms with Crippen molar-refractivity contribution in [3.05, 3.63) is 33.2 Å². The maximum absolute atomic E-state index is 13.1. The molecule has 0 saturated carbocycles. The van der Waals surface area contributed by atoms with Gasteiger partial charge in [0.25, 0.3) is 11.5 Å². The number of aromatic nitrogens is 1. The Kier molecular flexibility index (Phi) is 5.00. The first kappa shape index (κ1) is 19.1. The van der Waals surface area contributed by atoms with Crippen molar-refractivity contribution in [2.45, 2.75) is 39.8 Å². The number of H-pyrrole nitrogens is 1. The van der Waals surface area contributed by atoms with Crippen molar-refractivity contribution in [2.75, 3.05) is 31.1 Å². The molecule has 2 atom stereocenters. The first-order valence-corrected chi connectivity index (χ1v) is 10.9. The van der Waals surface area contributed by atoms with Crippen LogP contribution in [0, 0.1) is 19.8 Å². The molecule has 2 fully saturated rings. The van der Waals surface area contributed by atoms with Crippen molar-refractivity contribution in [1.29, 1.82) is 0 Å². The molecule has 2 aliphatic heterocycles. The summed E-state index contributed by atoms with van der Waals surface area (Å²) in [5.41, 5.74) is 1.04. The largest absolute Gasteiger partial charge is 0.332 e. The lowest BCUT2D eigenvalue weighted by molar-refractivity contribution is 0.0295. The van der Waals surface area contributed by atoms with Gasteiger partial charge < -0.3 is 9.88 Å². The number of aryl methyl sites for hydroxylation is 2. The van der Waals surface area contributed by atoms with E-state index in [2.05, 4.69) is 23.7 Å². The number of rotatable bonds is 3. The van der Waals surface area contributed by atoms with E-state index in [9.17, 15) is 18.0 Å². The average Bonchev–Trinajstić information content (AvgIpc) is 2.81. The van der Waals surface area contributed by atoms with Gasteiger partial charge in [-0.1, -0.05) is 13.8 Å². The Hall–Kier alpha value is -1.67. The zero-order valence-electron chi connectivity index (χ0n) is 15.8. The highest BCUT2D eigenvalue weighted by Gasteiger charge is 2.48. The highest BCUT2D eigenvalue weighted by Crippen LogP contribution is 2.28. The third-order valence-electron chi connectivity index (χ3n) is 5.23. The smallest absolute Gasteiger partial charge is 0.261 e. The molecule has 3 heterocycles. The van der Waals surface area contributed by atoms with E-state index < -0.39 is 15.4 Å². The minimum absolute atomic E-state index is 0.0270. The molecule has 7 nitrogen and oxygen atoms in total. The number of sulfone groups is 1. The third kappa shape index (κ3) is 3.57. The molecule has 1 aromatic heterocycles. The van der Waals surface area contributed by atoms with Crippen LogP contribution in [0.5, 0.6) is 0 Å². The van der Waals surface area contributed by atoms with Crippen LogP contribution in [0.15, 0.2) is 10.9 Å². The lowest BCUT2D eigenvalue weighted by Gasteiger charge is -2.44. The summed E-state index contributed by atoms with van der Waals surface area (Å²) in [5, 5.41) is 0. The molecule has 2 unspecified atom stereocenters. The molecule has 26 heavy (non-hydrogen) atoms. The van der Waals surface area contributed by atoms with Crippen molar-refractivity contribution in [2.24, 2.45) is 5.92 Å². The molecule has 0 spiro atoms. The quantitative estimate of drug-likeness (QED) is 0.827. The highest BCUT2D eigenvalue weighted by molar-refractivity contribution is 7.91. The van der Waals surface area contributed by atoms with Gasteiger partial charge in [0.15, 0.2) is 9.84 Å². The standard InChI is InChI=1S/C18H27N3O4S/c1-11(2)8-20-5-6-21(15-10-26(24,25)9-14(15)20)18(23)16-12(3)7-13(4)19-17(16)22/h7,11,14-15H,5-6,8-10H2,1-4H3,(H,19,22). The number of amides is 1. The van der Waals surface area contributed by atoms with E-state index in [-0.39, 0.29) is 35.1 Å². The van der Waals surface area contributed by atoms with Crippen LogP contribution in [0.3, 0.4) is 0 Å². The Morgan fingerprint density at radius 1 is 1.23 bits per heavy atom. The van der Waals surface area contributed by atoms with Gasteiger partial charge in [0.1, 0.15) is 5.56 Å². The topological polar surface area (TPSA) is 90.6 Å². The summed E-state index contributed by atoms with van der Waals surface area (Å²) < 4.78 is 24.6. The molecule has 1 aromatic rings. The Morgan fingerprint density at radius 3 is 2.50 bits per heavy atom. The van der Waals surface area contributed by atoms with Crippen LogP contribution in [0.25, 0.3) is 0 Å². The predicted octanol–water partition coefficient (Wildman–Crippen LogP) is 0.571. The molecule has 3 rings (SSSR count). The molecule has 1 N–H and O–H groups in total. The number of nitrogens with one attached hydrogen (secondary N) is 1. The summed E-state index contributed by atoms with van der Waals surface area (Å²) in [5.74, 6) is 0.113. The maximum Gasteiger partial charge on any atom is 0.261 e. The second kappa shape index (κ2) is 6.81. The Bertz CT molecular complexity index is 875. The number of carbonyl (C=O) groups is 1. The van der Waals surface area contributed by atoms with E-state index in [0.717, 1.165) is 6.54 Å². The zero-order chi connectivity index (χ0) is 19.2. The number of carbonyl (C=O) groups excluding carboxylic acids is 1. The first-order valence-electron chi connectivity index (χ1n) is 9.05. The van der Waals surface area contributed by atoms with Crippen molar-refractivity contribution < 1.29 is 13.2 Å². The second-order valence-corrected chi connectivity index (χ2v) is 10.1. The molecule has 2 aliphatic rings. The Morgan fingerprint density at radius 2 is 1.88 bits per heavy atom. The molecule has 0 bridgehead atoms. The number of aromatic amines is 1. The second-order valence-electron chi connectivity index (χ2n) is 7.94. The fourth-order valence-corrected chi connectivity index (χ4v) is 6.25. The van der Waals surface area contributed by atoms with E-state index in [1.54, 1.807) is 24.8 Å². The van der Waals surface area contributed by atoms with E-state index in [1.165, 1.54) is 0 Å². The molecule has 0 aromatic carbocycles. The van der Waals surface area contributed by atoms with Gasteiger partial charge in [0, 0.05) is 31.4 Å². The van der Waals surface area contributed by atoms with Gasteiger partial charge in [-0.25, -0.2) is 8.42 Å². The monoisotopic (exact) mass is 381 g/mol. The van der Waals surface area contributed by atoms with Crippen molar-refractivity contribution >= 4 is 15.7 Å². The summed E-state index contributed by atoms with van der Waals surface area (Å²) in [7, 11) is -3.19. The van der Waals surface area contributed by atoms with Gasteiger partial charge in [0.2, 0.25) is 0 Å². The summed E-state index contributed by atoms with van der Waals surface area (Å²) in [6.45, 7) is 9.60. The third-order valence-corrected chi connectivity index (χ3v) is 6.93. The van der Waals surface area contributed by atoms with Crippen LogP contribution in [0.1, 0.15) is 35.5 Å². The molecule has 0 aliphatic carbocycles. The molecule has 2 saturated heterocycles. The highest BCUT2D eigenvalue weighted by atomic mass is 32.2. The summed E-state index contributed by atoms with van der Waals surface area (Å²) in [4.78, 5) is 31.9. The number of pyridine rings is 1. The van der Waals surface area contributed by atoms with Crippen LogP contribution in [0.4, 0.5) is 0 Å². The average molecular weight is 381 g/mol. The van der Waals surface area contributed by atoms with E-state index in [4.69, 9.17) is 0 Å². The Labute approximate surface area is 154 Å². The summed E-state index contributed by atoms with van der Waals surface area (Å²) in [6, 6.07) is 1.19. The first-order chi connectivity index (χ1) is 12.1. The number of nitrogens with zero attached hydrogens (tertiary/aromatic N) is 2. The number of hydrogen-bond acceptors (Lipinski definition) is 5. The number of fused-ring (bicyclic) bond motifs is 1. The van der Waals surface area contributed by atoms with Crippen LogP contribution in [-0.4, -0.2) is 72.3 Å². The predicted molar refractivity (Wildman–Crippen MR) is 100 cm³/mol. The van der Waals surface area contributed by atoms with Crippen molar-refractivity contribution in [3.63, 3.8) is 0 Å². The van der Waals surface area contributed by atoms with Crippen molar-refractivity contribution in [1.82, 2.24) is 14.8 Å². The van der Waals surface area contributed by atoms with Gasteiger partial charge in [-0.05, 0) is 31.4 Å². The van der Waals surface area contributed by atoms with Crippen LogP contribution < -0.4 is 5.56 Å². The van der Waals surface area contributed by atoms with Crippen LogP contribution in [0.2, 0.25) is 0 Å². The zero-order valence-corrected chi connectivity index (χ0v) is 16.6. The fourth-order valence-electron chi connectivity index (χ4n) is 4.24. The van der Waals surface area contributed by atoms with Crippen molar-refractivity contribution in [3.8, 4) is 0 Å². The summed E-state index contributed by atoms with van der Waals surface area (Å²) >= 11 is 0. The van der Waals surface area contributed by atoms with Gasteiger partial charge in [-0.15, -0.1) is 0 Å². The van der Waals surface area contributed by atoms with Gasteiger partial charge >= 0.3 is 0 Å². The lowest BCUT2D eigenvalue weighted by Crippen LogP contribution is -2.61. The lowest BCUT2D eigenvalue weighted by atomic mass is 10.0. The molecule has 144 valence electrons. The van der Waals surface area contributed by atoms with Gasteiger partial charge in [-0.2, -0.15) is 0 Å². The van der Waals surface area contributed by atoms with Gasteiger partial charge in [0.05, 0.1) is 17.5 Å². The minimum Gasteiger partial charge on any atom is -0.332 e. The Balaban J connectivity index is 1.94. The summed E-state index contributed by atoms with van der Waals surface area (Å²) in [6.07, 6.45) is 0. The normalized spacial score (nSPS) is 25.5. The number of hydrogen-bond donors (Lipinski definition) is 1.